The van der Waals surface area contributed by atoms with Gasteiger partial charge < -0.3 is 19.9 Å². The van der Waals surface area contributed by atoms with Gasteiger partial charge in [-0.3, -0.25) is 9.59 Å². The number of nitrogens with one attached hydrogen (secondary N) is 1. The van der Waals surface area contributed by atoms with Gasteiger partial charge in [-0.1, -0.05) is 0 Å². The quantitative estimate of drug-likeness (QED) is 0.548. The van der Waals surface area contributed by atoms with Crippen LogP contribution in [0, 0.1) is 0 Å². The lowest BCUT2D eigenvalue weighted by molar-refractivity contribution is -0.138. The Kier molecular flexibility index (Phi) is 8.46. The molecule has 0 fully saturated rings. The summed E-state index contributed by atoms with van der Waals surface area (Å²) in [6.07, 6.45) is -0.0754. The number of carboxylic acids is 1. The number of carboxylic acid groups (broad SMARTS) is 1. The van der Waals surface area contributed by atoms with Crippen molar-refractivity contribution in [2.45, 2.75) is 26.4 Å². The van der Waals surface area contributed by atoms with Crippen molar-refractivity contribution in [3.05, 3.63) is 0 Å². The van der Waals surface area contributed by atoms with Crippen LogP contribution in [0.4, 0.5) is 0 Å². The van der Waals surface area contributed by atoms with Gasteiger partial charge in [0.25, 0.3) is 0 Å². The lowest BCUT2D eigenvalue weighted by Gasteiger charge is -2.13. The number of hydrogen-bond donors (Lipinski definition) is 2. The van der Waals surface area contributed by atoms with Gasteiger partial charge >= 0.3 is 5.97 Å². The molecule has 1 atom stereocenters. The first-order chi connectivity index (χ1) is 7.52. The standard InChI is InChI=1S/C10H19NO5/c1-8(7-11-9(2)12)16-6-5-15-4-3-10(13)14/h8H,3-7H2,1-2H3,(H,11,12)(H,13,14). The first kappa shape index (κ1) is 14.9. The average Bonchev–Trinajstić information content (AvgIpc) is 2.19. The van der Waals surface area contributed by atoms with Crippen molar-refractivity contribution in [3.63, 3.8) is 0 Å². The van der Waals surface area contributed by atoms with Crippen LogP contribution in [0.15, 0.2) is 0 Å². The summed E-state index contributed by atoms with van der Waals surface area (Å²) in [5.74, 6) is -0.965. The molecule has 0 aliphatic rings. The summed E-state index contributed by atoms with van der Waals surface area (Å²) < 4.78 is 10.3. The van der Waals surface area contributed by atoms with E-state index in [0.717, 1.165) is 0 Å². The van der Waals surface area contributed by atoms with Crippen LogP contribution in [0.2, 0.25) is 0 Å². The fourth-order valence-corrected chi connectivity index (χ4v) is 0.916. The van der Waals surface area contributed by atoms with Crippen molar-refractivity contribution in [1.29, 1.82) is 0 Å². The highest BCUT2D eigenvalue weighted by molar-refractivity contribution is 5.72. The van der Waals surface area contributed by atoms with Crippen LogP contribution in [-0.4, -0.2) is 49.5 Å². The number of amides is 1. The maximum atomic E-state index is 10.6. The van der Waals surface area contributed by atoms with E-state index in [1.54, 1.807) is 0 Å². The number of carbonyl (C=O) groups excluding carboxylic acids is 1. The molecule has 0 rings (SSSR count). The van der Waals surface area contributed by atoms with Crippen LogP contribution in [0.3, 0.4) is 0 Å². The number of carbonyl (C=O) groups is 2. The van der Waals surface area contributed by atoms with E-state index in [2.05, 4.69) is 5.32 Å². The predicted molar refractivity (Wildman–Crippen MR) is 57.2 cm³/mol. The summed E-state index contributed by atoms with van der Waals surface area (Å²) in [5, 5.41) is 11.0. The molecule has 0 bridgehead atoms. The number of ether oxygens (including phenoxy) is 2. The van der Waals surface area contributed by atoms with Gasteiger partial charge in [-0.05, 0) is 6.92 Å². The molecule has 0 aromatic rings. The highest BCUT2D eigenvalue weighted by atomic mass is 16.5. The minimum atomic E-state index is -0.875. The van der Waals surface area contributed by atoms with E-state index in [-0.39, 0.29) is 25.0 Å². The Morgan fingerprint density at radius 3 is 2.56 bits per heavy atom. The summed E-state index contributed by atoms with van der Waals surface area (Å²) in [6.45, 7) is 4.69. The molecule has 0 aromatic heterocycles. The Balaban J connectivity index is 3.24. The molecular formula is C10H19NO5. The van der Waals surface area contributed by atoms with Crippen LogP contribution in [-0.2, 0) is 19.1 Å². The van der Waals surface area contributed by atoms with Gasteiger partial charge in [0.05, 0.1) is 32.3 Å². The zero-order valence-corrected chi connectivity index (χ0v) is 9.69. The summed E-state index contributed by atoms with van der Waals surface area (Å²) in [6, 6.07) is 0. The molecule has 0 saturated carbocycles. The molecule has 94 valence electrons. The van der Waals surface area contributed by atoms with E-state index < -0.39 is 5.97 Å². The number of rotatable bonds is 9. The van der Waals surface area contributed by atoms with Gasteiger partial charge in [-0.25, -0.2) is 0 Å². The molecule has 0 aliphatic carbocycles. The Bertz CT molecular complexity index is 219. The van der Waals surface area contributed by atoms with E-state index in [9.17, 15) is 9.59 Å². The van der Waals surface area contributed by atoms with Gasteiger partial charge in [-0.15, -0.1) is 0 Å². The molecule has 0 aliphatic heterocycles. The van der Waals surface area contributed by atoms with Gasteiger partial charge in [0.2, 0.25) is 5.91 Å². The van der Waals surface area contributed by atoms with Crippen molar-refractivity contribution in [2.24, 2.45) is 0 Å². The maximum absolute atomic E-state index is 10.6. The fourth-order valence-electron chi connectivity index (χ4n) is 0.916. The normalized spacial score (nSPS) is 12.1. The molecule has 0 aromatic carbocycles. The van der Waals surface area contributed by atoms with Crippen LogP contribution in [0.5, 0.6) is 0 Å². The summed E-state index contributed by atoms with van der Waals surface area (Å²) in [5.41, 5.74) is 0. The minimum Gasteiger partial charge on any atom is -0.481 e. The Morgan fingerprint density at radius 1 is 1.31 bits per heavy atom. The van der Waals surface area contributed by atoms with Crippen molar-refractivity contribution in [1.82, 2.24) is 5.32 Å². The zero-order valence-electron chi connectivity index (χ0n) is 9.69. The molecule has 0 heterocycles. The minimum absolute atomic E-state index is 0.00143. The molecule has 1 unspecified atom stereocenters. The van der Waals surface area contributed by atoms with E-state index in [1.165, 1.54) is 6.92 Å². The van der Waals surface area contributed by atoms with E-state index >= 15 is 0 Å². The third kappa shape index (κ3) is 10.9. The lowest BCUT2D eigenvalue weighted by Crippen LogP contribution is -2.31. The van der Waals surface area contributed by atoms with Crippen molar-refractivity contribution in [3.8, 4) is 0 Å². The first-order valence-electron chi connectivity index (χ1n) is 5.18. The third-order valence-electron chi connectivity index (χ3n) is 1.73. The zero-order chi connectivity index (χ0) is 12.4. The highest BCUT2D eigenvalue weighted by Gasteiger charge is 2.02. The van der Waals surface area contributed by atoms with Gasteiger partial charge in [-0.2, -0.15) is 0 Å². The third-order valence-corrected chi connectivity index (χ3v) is 1.73. The molecule has 0 radical (unpaired) electrons. The van der Waals surface area contributed by atoms with Crippen molar-refractivity contribution < 1.29 is 24.2 Å². The highest BCUT2D eigenvalue weighted by Crippen LogP contribution is 1.90. The second-order valence-electron chi connectivity index (χ2n) is 3.37. The smallest absolute Gasteiger partial charge is 0.305 e. The molecular weight excluding hydrogens is 214 g/mol. The number of aliphatic carboxylic acids is 1. The van der Waals surface area contributed by atoms with E-state index in [4.69, 9.17) is 14.6 Å². The van der Waals surface area contributed by atoms with Gasteiger partial charge in [0.15, 0.2) is 0 Å². The Morgan fingerprint density at radius 2 is 2.00 bits per heavy atom. The predicted octanol–water partition coefficient (Wildman–Crippen LogP) is 0.0189. The second-order valence-corrected chi connectivity index (χ2v) is 3.37. The topological polar surface area (TPSA) is 84.9 Å². The van der Waals surface area contributed by atoms with Crippen molar-refractivity contribution >= 4 is 11.9 Å². The molecule has 0 saturated heterocycles. The number of hydrogen-bond acceptors (Lipinski definition) is 4. The van der Waals surface area contributed by atoms with Gasteiger partial charge in [0.1, 0.15) is 0 Å². The molecule has 1 amide bonds. The molecule has 6 heteroatoms. The molecule has 6 nitrogen and oxygen atoms in total. The first-order valence-corrected chi connectivity index (χ1v) is 5.18. The van der Waals surface area contributed by atoms with Gasteiger partial charge in [0, 0.05) is 13.5 Å². The van der Waals surface area contributed by atoms with E-state index in [1.807, 2.05) is 6.92 Å². The lowest BCUT2D eigenvalue weighted by atomic mass is 10.4. The molecule has 2 N–H and O–H groups in total. The van der Waals surface area contributed by atoms with Crippen LogP contribution in [0.1, 0.15) is 20.3 Å². The average molecular weight is 233 g/mol. The van der Waals surface area contributed by atoms with Crippen LogP contribution >= 0.6 is 0 Å². The SMILES string of the molecule is CC(=O)NCC(C)OCCOCCC(=O)O. The molecule has 16 heavy (non-hydrogen) atoms. The summed E-state index contributed by atoms with van der Waals surface area (Å²) in [7, 11) is 0. The maximum Gasteiger partial charge on any atom is 0.305 e. The second kappa shape index (κ2) is 9.11. The van der Waals surface area contributed by atoms with E-state index in [0.29, 0.717) is 19.8 Å². The van der Waals surface area contributed by atoms with Crippen molar-refractivity contribution in [2.75, 3.05) is 26.4 Å². The Labute approximate surface area is 94.9 Å². The summed E-state index contributed by atoms with van der Waals surface area (Å²) >= 11 is 0. The Hall–Kier alpha value is -1.14. The molecule has 0 spiro atoms. The monoisotopic (exact) mass is 233 g/mol. The van der Waals surface area contributed by atoms with Crippen LogP contribution in [0.25, 0.3) is 0 Å². The fraction of sp³-hybridized carbons (Fsp3) is 0.800. The van der Waals surface area contributed by atoms with Crippen LogP contribution < -0.4 is 5.32 Å². The largest absolute Gasteiger partial charge is 0.481 e. The summed E-state index contributed by atoms with van der Waals surface area (Å²) in [4.78, 5) is 20.7.